The van der Waals surface area contributed by atoms with E-state index in [-0.39, 0.29) is 0 Å². The Bertz CT molecular complexity index is 1940. The molecule has 1 aromatic carbocycles. The van der Waals surface area contributed by atoms with Crippen molar-refractivity contribution < 1.29 is 0 Å². The number of pyridine rings is 2. The van der Waals surface area contributed by atoms with Gasteiger partial charge < -0.3 is 5.32 Å². The molecule has 0 saturated heterocycles. The molecule has 0 unspecified atom stereocenters. The fraction of sp³-hybridized carbons (Fsp3) is 0.125. The minimum absolute atomic E-state index is 0.514. The van der Waals surface area contributed by atoms with Gasteiger partial charge in [0.1, 0.15) is 20.6 Å². The summed E-state index contributed by atoms with van der Waals surface area (Å²) < 4.78 is 0. The van der Waals surface area contributed by atoms with Crippen molar-refractivity contribution in [3.05, 3.63) is 112 Å². The largest absolute Gasteiger partial charge is 0.369 e. The number of thiophene rings is 2. The molecule has 7 rings (SSSR count). The zero-order valence-corrected chi connectivity index (χ0v) is 25.3. The van der Waals surface area contributed by atoms with Crippen molar-refractivity contribution in [1.82, 2.24) is 29.9 Å². The number of benzene rings is 1. The molecule has 0 radical (unpaired) electrons. The SMILES string of the molecule is Cc1csc2nc(-c3ccncc3)nc(Cl)c12.Cc1csc2nc(-c3ccncc3)nc(NCCc3ccccc3)c12. The summed E-state index contributed by atoms with van der Waals surface area (Å²) in [5.74, 6) is 2.29. The molecule has 0 aliphatic rings. The van der Waals surface area contributed by atoms with Crippen LogP contribution in [-0.2, 0) is 6.42 Å². The van der Waals surface area contributed by atoms with E-state index in [0.717, 1.165) is 61.7 Å². The van der Waals surface area contributed by atoms with Crippen LogP contribution in [0.1, 0.15) is 16.7 Å². The van der Waals surface area contributed by atoms with E-state index in [1.165, 1.54) is 11.1 Å². The monoisotopic (exact) mass is 607 g/mol. The molecule has 0 aliphatic carbocycles. The zero-order chi connectivity index (χ0) is 28.9. The zero-order valence-electron chi connectivity index (χ0n) is 23.0. The van der Waals surface area contributed by atoms with Crippen LogP contribution in [0.15, 0.2) is 90.1 Å². The molecule has 0 bridgehead atoms. The molecule has 0 fully saturated rings. The second kappa shape index (κ2) is 12.7. The van der Waals surface area contributed by atoms with E-state index >= 15 is 0 Å². The fourth-order valence-corrected chi connectivity index (χ4v) is 6.69. The van der Waals surface area contributed by atoms with Gasteiger partial charge in [0.15, 0.2) is 11.6 Å². The molecule has 10 heteroatoms. The van der Waals surface area contributed by atoms with Crippen LogP contribution in [0.2, 0.25) is 5.15 Å². The molecule has 208 valence electrons. The maximum atomic E-state index is 6.20. The van der Waals surface area contributed by atoms with Gasteiger partial charge in [-0.25, -0.2) is 19.9 Å². The normalized spacial score (nSPS) is 10.9. The third kappa shape index (κ3) is 6.13. The van der Waals surface area contributed by atoms with E-state index in [0.29, 0.717) is 11.0 Å². The van der Waals surface area contributed by atoms with E-state index in [1.807, 2.05) is 42.6 Å². The summed E-state index contributed by atoms with van der Waals surface area (Å²) in [6.07, 6.45) is 7.93. The molecule has 42 heavy (non-hydrogen) atoms. The fourth-order valence-electron chi connectivity index (χ4n) is 4.48. The summed E-state index contributed by atoms with van der Waals surface area (Å²) in [6, 6.07) is 18.1. The van der Waals surface area contributed by atoms with Crippen molar-refractivity contribution in [2.24, 2.45) is 0 Å². The van der Waals surface area contributed by atoms with E-state index < -0.39 is 0 Å². The molecule has 6 heterocycles. The van der Waals surface area contributed by atoms with Crippen molar-refractivity contribution in [3.8, 4) is 22.8 Å². The van der Waals surface area contributed by atoms with Crippen LogP contribution in [-0.4, -0.2) is 36.4 Å². The van der Waals surface area contributed by atoms with Crippen LogP contribution in [0, 0.1) is 13.8 Å². The van der Waals surface area contributed by atoms with Crippen LogP contribution in [0.5, 0.6) is 0 Å². The Morgan fingerprint density at radius 1 is 0.667 bits per heavy atom. The van der Waals surface area contributed by atoms with E-state index in [9.17, 15) is 0 Å². The summed E-state index contributed by atoms with van der Waals surface area (Å²) in [4.78, 5) is 28.4. The standard InChI is InChI=1S/C20H18N4S.C12H8ClN3S/c1-14-13-25-20-17(14)19(22-12-7-15-5-3-2-4-6-15)23-18(24-20)16-8-10-21-11-9-16;1-7-6-17-12-9(7)10(13)15-11(16-12)8-2-4-14-5-3-8/h2-6,8-11,13H,7,12H2,1H3,(H,22,23,24);2-6H,1H3. The number of aromatic nitrogens is 6. The number of rotatable bonds is 6. The van der Waals surface area contributed by atoms with E-state index in [2.05, 4.69) is 61.8 Å². The Hall–Kier alpha value is -4.31. The molecular weight excluding hydrogens is 582 g/mol. The molecule has 0 aliphatic heterocycles. The van der Waals surface area contributed by atoms with Crippen molar-refractivity contribution >= 4 is 60.5 Å². The van der Waals surface area contributed by atoms with Crippen LogP contribution in [0.4, 0.5) is 5.82 Å². The van der Waals surface area contributed by atoms with Gasteiger partial charge in [-0.15, -0.1) is 22.7 Å². The number of hydrogen-bond donors (Lipinski definition) is 1. The van der Waals surface area contributed by atoms with Crippen molar-refractivity contribution in [3.63, 3.8) is 0 Å². The predicted molar refractivity (Wildman–Crippen MR) is 174 cm³/mol. The van der Waals surface area contributed by atoms with Crippen LogP contribution < -0.4 is 5.32 Å². The van der Waals surface area contributed by atoms with Gasteiger partial charge in [0, 0.05) is 42.5 Å². The van der Waals surface area contributed by atoms with Gasteiger partial charge >= 0.3 is 0 Å². The topological polar surface area (TPSA) is 89.4 Å². The molecular formula is C32H26ClN7S2. The molecule has 0 spiro atoms. The van der Waals surface area contributed by atoms with Gasteiger partial charge in [-0.1, -0.05) is 41.9 Å². The predicted octanol–water partition coefficient (Wildman–Crippen LogP) is 8.43. The summed E-state index contributed by atoms with van der Waals surface area (Å²) in [5, 5.41) is 10.3. The molecule has 0 atom stereocenters. The quantitative estimate of drug-likeness (QED) is 0.190. The lowest BCUT2D eigenvalue weighted by Gasteiger charge is -2.10. The molecule has 7 nitrogen and oxygen atoms in total. The Labute approximate surface area is 256 Å². The first-order valence-corrected chi connectivity index (χ1v) is 15.5. The van der Waals surface area contributed by atoms with Gasteiger partial charge in [-0.2, -0.15) is 0 Å². The smallest absolute Gasteiger partial charge is 0.163 e. The second-order valence-corrected chi connectivity index (χ2v) is 11.6. The lowest BCUT2D eigenvalue weighted by molar-refractivity contribution is 1.01. The number of halogens is 1. The van der Waals surface area contributed by atoms with Gasteiger partial charge in [-0.3, -0.25) is 9.97 Å². The highest BCUT2D eigenvalue weighted by Gasteiger charge is 2.13. The average Bonchev–Trinajstić information content (AvgIpc) is 3.61. The number of nitrogens with zero attached hydrogens (tertiary/aromatic N) is 6. The summed E-state index contributed by atoms with van der Waals surface area (Å²) >= 11 is 9.44. The Morgan fingerprint density at radius 3 is 1.83 bits per heavy atom. The van der Waals surface area contributed by atoms with Crippen molar-refractivity contribution in [2.75, 3.05) is 11.9 Å². The molecule has 0 saturated carbocycles. The highest BCUT2D eigenvalue weighted by molar-refractivity contribution is 7.17. The van der Waals surface area contributed by atoms with Gasteiger partial charge in [-0.05, 0) is 72.0 Å². The van der Waals surface area contributed by atoms with Gasteiger partial charge in [0.05, 0.1) is 10.8 Å². The van der Waals surface area contributed by atoms with Gasteiger partial charge in [0.25, 0.3) is 0 Å². The highest BCUT2D eigenvalue weighted by atomic mass is 35.5. The number of fused-ring (bicyclic) bond motifs is 2. The third-order valence-electron chi connectivity index (χ3n) is 6.62. The second-order valence-electron chi connectivity index (χ2n) is 9.57. The van der Waals surface area contributed by atoms with Crippen LogP contribution in [0.25, 0.3) is 43.2 Å². The Balaban J connectivity index is 0.000000162. The first kappa shape index (κ1) is 27.8. The number of hydrogen-bond acceptors (Lipinski definition) is 9. The lowest BCUT2D eigenvalue weighted by atomic mass is 10.1. The Kier molecular flexibility index (Phi) is 8.41. The summed E-state index contributed by atoms with van der Waals surface area (Å²) in [7, 11) is 0. The maximum absolute atomic E-state index is 6.20. The first-order chi connectivity index (χ1) is 20.6. The first-order valence-electron chi connectivity index (χ1n) is 13.3. The number of nitrogens with one attached hydrogen (secondary N) is 1. The molecule has 1 N–H and O–H groups in total. The lowest BCUT2D eigenvalue weighted by Crippen LogP contribution is -2.08. The molecule has 7 aromatic rings. The van der Waals surface area contributed by atoms with E-state index in [4.69, 9.17) is 21.6 Å². The van der Waals surface area contributed by atoms with Gasteiger partial charge in [0.2, 0.25) is 0 Å². The number of aryl methyl sites for hydroxylation is 2. The van der Waals surface area contributed by atoms with Crippen molar-refractivity contribution in [2.45, 2.75) is 20.3 Å². The Morgan fingerprint density at radius 2 is 1.21 bits per heavy atom. The summed E-state index contributed by atoms with van der Waals surface area (Å²) in [6.45, 7) is 4.96. The highest BCUT2D eigenvalue weighted by Crippen LogP contribution is 2.32. The van der Waals surface area contributed by atoms with Crippen molar-refractivity contribution in [1.29, 1.82) is 0 Å². The maximum Gasteiger partial charge on any atom is 0.163 e. The third-order valence-corrected chi connectivity index (χ3v) is 8.87. The minimum atomic E-state index is 0.514. The van der Waals surface area contributed by atoms with E-state index in [1.54, 1.807) is 47.5 Å². The molecule has 0 amide bonds. The average molecular weight is 608 g/mol. The molecule has 6 aromatic heterocycles. The van der Waals surface area contributed by atoms with Crippen LogP contribution in [0.3, 0.4) is 0 Å². The number of anilines is 1. The van der Waals surface area contributed by atoms with Crippen LogP contribution >= 0.6 is 34.3 Å². The summed E-state index contributed by atoms with van der Waals surface area (Å²) in [5.41, 5.74) is 5.56. The minimum Gasteiger partial charge on any atom is -0.369 e.